The van der Waals surface area contributed by atoms with Crippen molar-refractivity contribution in [2.75, 3.05) is 18.1 Å². The summed E-state index contributed by atoms with van der Waals surface area (Å²) in [5.41, 5.74) is 0.605. The molecule has 124 valence electrons. The molecule has 0 bridgehead atoms. The minimum absolute atomic E-state index is 0.122. The average Bonchev–Trinajstić information content (AvgIpc) is 2.51. The maximum Gasteiger partial charge on any atom is 0.330 e. The second-order valence-corrected chi connectivity index (χ2v) is 5.98. The van der Waals surface area contributed by atoms with Crippen LogP contribution in [0.1, 0.15) is 20.8 Å². The highest BCUT2D eigenvalue weighted by molar-refractivity contribution is 6.31. The van der Waals surface area contributed by atoms with Crippen LogP contribution in [0, 0.1) is 5.92 Å². The number of benzene rings is 1. The highest BCUT2D eigenvalue weighted by Crippen LogP contribution is 2.37. The van der Waals surface area contributed by atoms with E-state index in [1.54, 1.807) is 30.0 Å². The Labute approximate surface area is 140 Å². The fourth-order valence-electron chi connectivity index (χ4n) is 2.26. The van der Waals surface area contributed by atoms with Crippen LogP contribution in [0.2, 0.25) is 5.02 Å². The predicted molar refractivity (Wildman–Crippen MR) is 88.8 cm³/mol. The van der Waals surface area contributed by atoms with Gasteiger partial charge in [-0.3, -0.25) is 4.79 Å². The Morgan fingerprint density at radius 1 is 1.43 bits per heavy atom. The zero-order valence-electron chi connectivity index (χ0n) is 13.4. The minimum atomic E-state index is -0.541. The summed E-state index contributed by atoms with van der Waals surface area (Å²) in [5, 5.41) is 0.516. The molecular weight excluding hydrogens is 318 g/mol. The molecule has 6 heteroatoms. The zero-order chi connectivity index (χ0) is 17.0. The Bertz CT molecular complexity index is 627. The molecule has 5 nitrogen and oxygen atoms in total. The molecule has 0 aromatic heterocycles. The Kier molecular flexibility index (Phi) is 5.66. The molecular formula is C17H20ClNO4. The first kappa shape index (κ1) is 17.3. The third-order valence-electron chi connectivity index (χ3n) is 3.51. The first-order valence-electron chi connectivity index (χ1n) is 7.55. The number of esters is 1. The van der Waals surface area contributed by atoms with Gasteiger partial charge in [-0.25, -0.2) is 4.79 Å². The van der Waals surface area contributed by atoms with Crippen LogP contribution in [0.25, 0.3) is 0 Å². The van der Waals surface area contributed by atoms with Crippen LogP contribution in [-0.4, -0.2) is 31.1 Å². The van der Waals surface area contributed by atoms with E-state index < -0.39 is 5.97 Å². The van der Waals surface area contributed by atoms with E-state index >= 15 is 0 Å². The molecule has 1 heterocycles. The molecule has 0 saturated heterocycles. The van der Waals surface area contributed by atoms with E-state index in [0.29, 0.717) is 23.0 Å². The van der Waals surface area contributed by atoms with Crippen LogP contribution in [-0.2, 0) is 14.3 Å². The summed E-state index contributed by atoms with van der Waals surface area (Å²) in [7, 11) is 0. The minimum Gasteiger partial charge on any atom is -0.486 e. The second-order valence-electron chi connectivity index (χ2n) is 5.55. The van der Waals surface area contributed by atoms with Gasteiger partial charge >= 0.3 is 5.97 Å². The van der Waals surface area contributed by atoms with Gasteiger partial charge in [-0.1, -0.05) is 25.4 Å². The lowest BCUT2D eigenvalue weighted by Gasteiger charge is -2.36. The Morgan fingerprint density at radius 2 is 2.17 bits per heavy atom. The number of fused-ring (bicyclic) bond motifs is 1. The van der Waals surface area contributed by atoms with Crippen LogP contribution in [0.5, 0.6) is 5.75 Å². The lowest BCUT2D eigenvalue weighted by molar-refractivity contribution is -0.137. The maximum atomic E-state index is 12.5. The molecule has 0 saturated carbocycles. The van der Waals surface area contributed by atoms with Gasteiger partial charge in [0, 0.05) is 17.2 Å². The lowest BCUT2D eigenvalue weighted by Crippen LogP contribution is -2.45. The van der Waals surface area contributed by atoms with E-state index in [4.69, 9.17) is 21.1 Å². The molecule has 0 fully saturated rings. The summed E-state index contributed by atoms with van der Waals surface area (Å²) in [5.74, 6) is -0.00300. The number of hydrogen-bond acceptors (Lipinski definition) is 4. The number of hydrogen-bond donors (Lipinski definition) is 0. The first-order chi connectivity index (χ1) is 10.9. The van der Waals surface area contributed by atoms with Gasteiger partial charge < -0.3 is 14.4 Å². The Balaban J connectivity index is 2.27. The number of anilines is 1. The van der Waals surface area contributed by atoms with E-state index in [1.165, 1.54) is 6.08 Å². The van der Waals surface area contributed by atoms with Crippen molar-refractivity contribution in [2.24, 2.45) is 5.92 Å². The van der Waals surface area contributed by atoms with Crippen molar-refractivity contribution in [2.45, 2.75) is 26.9 Å². The molecule has 0 N–H and O–H groups in total. The van der Waals surface area contributed by atoms with Gasteiger partial charge in [0.05, 0.1) is 18.8 Å². The van der Waals surface area contributed by atoms with Crippen molar-refractivity contribution in [3.05, 3.63) is 35.4 Å². The van der Waals surface area contributed by atoms with Crippen molar-refractivity contribution in [1.29, 1.82) is 0 Å². The molecule has 1 aliphatic heterocycles. The molecule has 1 aromatic rings. The number of nitrogens with zero attached hydrogens (tertiary/aromatic N) is 1. The SMILES string of the molecule is CCOC(=O)/C=C/C(=O)N1CC(C(C)C)Oc2ccc(Cl)cc21. The van der Waals surface area contributed by atoms with Gasteiger partial charge in [-0.15, -0.1) is 0 Å². The summed E-state index contributed by atoms with van der Waals surface area (Å²) in [6, 6.07) is 5.16. The van der Waals surface area contributed by atoms with Crippen molar-refractivity contribution in [3.8, 4) is 5.75 Å². The lowest BCUT2D eigenvalue weighted by atomic mass is 10.0. The summed E-state index contributed by atoms with van der Waals surface area (Å²) < 4.78 is 10.7. The standard InChI is InChI=1S/C17H20ClNO4/c1-4-22-17(21)8-7-16(20)19-10-15(11(2)3)23-14-6-5-12(18)9-13(14)19/h5-9,11,15H,4,10H2,1-3H3/b8-7+. The third kappa shape index (κ3) is 4.26. The molecule has 1 amide bonds. The number of carbonyl (C=O) groups is 2. The quantitative estimate of drug-likeness (QED) is 0.625. The van der Waals surface area contributed by atoms with Crippen molar-refractivity contribution >= 4 is 29.2 Å². The smallest absolute Gasteiger partial charge is 0.330 e. The van der Waals surface area contributed by atoms with E-state index in [2.05, 4.69) is 0 Å². The van der Waals surface area contributed by atoms with Crippen LogP contribution in [0.15, 0.2) is 30.4 Å². The van der Waals surface area contributed by atoms with Gasteiger partial charge in [-0.05, 0) is 31.0 Å². The Morgan fingerprint density at radius 3 is 2.83 bits per heavy atom. The summed E-state index contributed by atoms with van der Waals surface area (Å²) >= 11 is 6.03. The van der Waals surface area contributed by atoms with E-state index in [0.717, 1.165) is 6.08 Å². The predicted octanol–water partition coefficient (Wildman–Crippen LogP) is 3.21. The van der Waals surface area contributed by atoms with Gasteiger partial charge in [-0.2, -0.15) is 0 Å². The van der Waals surface area contributed by atoms with Gasteiger partial charge in [0.25, 0.3) is 5.91 Å². The normalized spacial score (nSPS) is 17.1. The fourth-order valence-corrected chi connectivity index (χ4v) is 2.42. The molecule has 0 spiro atoms. The van der Waals surface area contributed by atoms with E-state index in [-0.39, 0.29) is 24.5 Å². The molecule has 1 atom stereocenters. The number of halogens is 1. The molecule has 1 unspecified atom stereocenters. The maximum absolute atomic E-state index is 12.5. The molecule has 2 rings (SSSR count). The molecule has 1 aromatic carbocycles. The molecule has 1 aliphatic rings. The highest BCUT2D eigenvalue weighted by Gasteiger charge is 2.30. The summed E-state index contributed by atoms with van der Waals surface area (Å²) in [6.07, 6.45) is 2.23. The van der Waals surface area contributed by atoms with Gasteiger partial charge in [0.1, 0.15) is 11.9 Å². The van der Waals surface area contributed by atoms with Crippen LogP contribution in [0.4, 0.5) is 5.69 Å². The second kappa shape index (κ2) is 7.51. The summed E-state index contributed by atoms with van der Waals surface area (Å²) in [6.45, 7) is 6.44. The largest absolute Gasteiger partial charge is 0.486 e. The zero-order valence-corrected chi connectivity index (χ0v) is 14.2. The monoisotopic (exact) mass is 337 g/mol. The average molecular weight is 338 g/mol. The van der Waals surface area contributed by atoms with Crippen molar-refractivity contribution in [3.63, 3.8) is 0 Å². The first-order valence-corrected chi connectivity index (χ1v) is 7.92. The van der Waals surface area contributed by atoms with Gasteiger partial charge in [0.15, 0.2) is 0 Å². The number of carbonyl (C=O) groups excluding carboxylic acids is 2. The topological polar surface area (TPSA) is 55.8 Å². The fraction of sp³-hybridized carbons (Fsp3) is 0.412. The van der Waals surface area contributed by atoms with Crippen molar-refractivity contribution in [1.82, 2.24) is 0 Å². The highest BCUT2D eigenvalue weighted by atomic mass is 35.5. The summed E-state index contributed by atoms with van der Waals surface area (Å²) in [4.78, 5) is 25.4. The van der Waals surface area contributed by atoms with Crippen LogP contribution >= 0.6 is 11.6 Å². The van der Waals surface area contributed by atoms with Crippen molar-refractivity contribution < 1.29 is 19.1 Å². The third-order valence-corrected chi connectivity index (χ3v) is 3.75. The van der Waals surface area contributed by atoms with Crippen LogP contribution < -0.4 is 9.64 Å². The van der Waals surface area contributed by atoms with E-state index in [1.807, 2.05) is 13.8 Å². The molecule has 0 radical (unpaired) electrons. The van der Waals surface area contributed by atoms with E-state index in [9.17, 15) is 9.59 Å². The number of amides is 1. The van der Waals surface area contributed by atoms with Gasteiger partial charge in [0.2, 0.25) is 0 Å². The Hall–Kier alpha value is -2.01. The molecule has 0 aliphatic carbocycles. The number of ether oxygens (including phenoxy) is 2. The van der Waals surface area contributed by atoms with Crippen LogP contribution in [0.3, 0.4) is 0 Å². The number of rotatable bonds is 4. The molecule has 23 heavy (non-hydrogen) atoms.